The maximum absolute atomic E-state index is 11.1. The molecular weight excluding hydrogens is 419 g/mol. The Morgan fingerprint density at radius 3 is 2.83 bits per heavy atom. The monoisotopic (exact) mass is 446 g/mol. The van der Waals surface area contributed by atoms with Crippen LogP contribution in [0.5, 0.6) is 11.5 Å². The summed E-state index contributed by atoms with van der Waals surface area (Å²) in [5.41, 5.74) is 1.56. The van der Waals surface area contributed by atoms with Gasteiger partial charge in [0.05, 0.1) is 17.6 Å². The molecule has 2 unspecified atom stereocenters. The first-order chi connectivity index (χ1) is 12.9. The molecular formula is C20H28Cl2N2O5. The summed E-state index contributed by atoms with van der Waals surface area (Å²) in [6.07, 6.45) is 3.11. The number of benzene rings is 1. The number of methoxy groups -OCH3 is 1. The van der Waals surface area contributed by atoms with Crippen LogP contribution in [0.4, 0.5) is 0 Å². The minimum atomic E-state index is -0.875. The molecule has 162 valence electrons. The Bertz CT molecular complexity index is 824. The minimum Gasteiger partial charge on any atom is -0.504 e. The van der Waals surface area contributed by atoms with Crippen LogP contribution in [-0.2, 0) is 21.4 Å². The fourth-order valence-corrected chi connectivity index (χ4v) is 6.57. The summed E-state index contributed by atoms with van der Waals surface area (Å²) in [5, 5.41) is 22.9. The van der Waals surface area contributed by atoms with E-state index in [9.17, 15) is 9.90 Å². The van der Waals surface area contributed by atoms with E-state index >= 15 is 0 Å². The van der Waals surface area contributed by atoms with Gasteiger partial charge >= 0.3 is 5.97 Å². The van der Waals surface area contributed by atoms with E-state index in [1.54, 1.807) is 13.2 Å². The number of hydrogen-bond donors (Lipinski definition) is 3. The van der Waals surface area contributed by atoms with Crippen molar-refractivity contribution in [3.63, 3.8) is 0 Å². The average molecular weight is 447 g/mol. The molecule has 0 aromatic heterocycles. The van der Waals surface area contributed by atoms with Crippen LogP contribution in [0.1, 0.15) is 30.4 Å². The van der Waals surface area contributed by atoms with E-state index in [1.807, 2.05) is 6.07 Å². The lowest BCUT2D eigenvalue weighted by Gasteiger charge is -2.65. The summed E-state index contributed by atoms with van der Waals surface area (Å²) in [4.78, 5) is 13.5. The Kier molecular flexibility index (Phi) is 5.77. The number of carbonyl (C=O) groups is 1. The molecule has 3 N–H and O–H groups in total. The van der Waals surface area contributed by atoms with Crippen LogP contribution >= 0.6 is 24.8 Å². The summed E-state index contributed by atoms with van der Waals surface area (Å²) >= 11 is 0. The third-order valence-electron chi connectivity index (χ3n) is 7.57. The first-order valence-electron chi connectivity index (χ1n) is 9.67. The van der Waals surface area contributed by atoms with E-state index < -0.39 is 11.6 Å². The van der Waals surface area contributed by atoms with Gasteiger partial charge in [-0.15, -0.1) is 24.8 Å². The molecule has 29 heavy (non-hydrogen) atoms. The standard InChI is InChI=1S/C20H26N2O5.2ClH/c1-22-8-7-19-16-11-3-4-13(23)17(16)27-18(19)12(21-10-15(24)25)5-6-20(19,26-2)14(22)9-11;;/h3-4,12,14,18,21,23H,5-10H2,1-2H3,(H,24,25);2*1H/t12?,14-,18?,19+,20-;;/m1../s1. The van der Waals surface area contributed by atoms with Gasteiger partial charge in [-0.25, -0.2) is 0 Å². The Labute approximate surface area is 182 Å². The fraction of sp³-hybridized carbons (Fsp3) is 0.650. The number of aliphatic carboxylic acids is 1. The van der Waals surface area contributed by atoms with Crippen molar-refractivity contribution in [3.05, 3.63) is 23.3 Å². The molecule has 1 saturated carbocycles. The largest absolute Gasteiger partial charge is 0.504 e. The Morgan fingerprint density at radius 2 is 2.14 bits per heavy atom. The average Bonchev–Trinajstić information content (AvgIpc) is 3.01. The third kappa shape index (κ3) is 2.64. The molecule has 9 heteroatoms. The van der Waals surface area contributed by atoms with Crippen molar-refractivity contribution in [2.75, 3.05) is 27.2 Å². The lowest BCUT2D eigenvalue weighted by atomic mass is 9.48. The first kappa shape index (κ1) is 22.4. The summed E-state index contributed by atoms with van der Waals surface area (Å²) in [6, 6.07) is 3.89. The van der Waals surface area contributed by atoms with Gasteiger partial charge in [0.25, 0.3) is 0 Å². The van der Waals surface area contributed by atoms with Crippen molar-refractivity contribution < 1.29 is 24.5 Å². The highest BCUT2D eigenvalue weighted by Crippen LogP contribution is 2.66. The van der Waals surface area contributed by atoms with Gasteiger partial charge in [-0.1, -0.05) is 6.07 Å². The van der Waals surface area contributed by atoms with Gasteiger partial charge in [-0.3, -0.25) is 4.79 Å². The van der Waals surface area contributed by atoms with Crippen molar-refractivity contribution in [2.24, 2.45) is 0 Å². The van der Waals surface area contributed by atoms with Crippen LogP contribution in [0.25, 0.3) is 0 Å². The topological polar surface area (TPSA) is 91.3 Å². The SMILES string of the molecule is CO[C@@]12CCC(NCC(=O)O)C3Oc4c(O)ccc5c4[C@@]31CCN(C)[C@@H]2C5.Cl.Cl. The Morgan fingerprint density at radius 1 is 1.38 bits per heavy atom. The van der Waals surface area contributed by atoms with Gasteiger partial charge in [0.1, 0.15) is 6.10 Å². The van der Waals surface area contributed by atoms with Gasteiger partial charge in [0.15, 0.2) is 11.5 Å². The number of rotatable bonds is 4. The molecule has 2 bridgehead atoms. The zero-order valence-electron chi connectivity index (χ0n) is 16.5. The van der Waals surface area contributed by atoms with Gasteiger partial charge in [-0.2, -0.15) is 0 Å². The molecule has 1 aromatic rings. The summed E-state index contributed by atoms with van der Waals surface area (Å²) in [5.74, 6) is -0.136. The minimum absolute atomic E-state index is 0. The second-order valence-corrected chi connectivity index (χ2v) is 8.42. The summed E-state index contributed by atoms with van der Waals surface area (Å²) < 4.78 is 12.8. The molecule has 2 fully saturated rings. The lowest BCUT2D eigenvalue weighted by Crippen LogP contribution is -2.78. The molecule has 1 saturated heterocycles. The number of carboxylic acid groups (broad SMARTS) is 1. The van der Waals surface area contributed by atoms with E-state index in [-0.39, 0.29) is 60.7 Å². The van der Waals surface area contributed by atoms with E-state index in [0.717, 1.165) is 37.8 Å². The molecule has 0 radical (unpaired) electrons. The third-order valence-corrected chi connectivity index (χ3v) is 7.57. The van der Waals surface area contributed by atoms with Crippen LogP contribution in [0, 0.1) is 0 Å². The normalized spacial score (nSPS) is 36.3. The number of phenolic OH excluding ortho intramolecular Hbond substituents is 1. The number of hydrogen-bond acceptors (Lipinski definition) is 6. The zero-order chi connectivity index (χ0) is 19.0. The maximum atomic E-state index is 11.1. The van der Waals surface area contributed by atoms with Crippen LogP contribution < -0.4 is 10.1 Å². The Balaban J connectivity index is 0.00000120. The van der Waals surface area contributed by atoms with Crippen LogP contribution in [0.3, 0.4) is 0 Å². The summed E-state index contributed by atoms with van der Waals surface area (Å²) in [6.45, 7) is 0.828. The molecule has 2 aliphatic heterocycles. The van der Waals surface area contributed by atoms with Gasteiger partial charge in [0, 0.05) is 24.8 Å². The van der Waals surface area contributed by atoms with Crippen molar-refractivity contribution in [1.82, 2.24) is 10.2 Å². The number of aromatic hydroxyl groups is 1. The number of nitrogens with one attached hydrogen (secondary N) is 1. The molecule has 5 rings (SSSR count). The molecule has 1 aromatic carbocycles. The highest BCUT2D eigenvalue weighted by atomic mass is 35.5. The fourth-order valence-electron chi connectivity index (χ4n) is 6.57. The molecule has 2 aliphatic carbocycles. The van der Waals surface area contributed by atoms with Crippen LogP contribution in [0.2, 0.25) is 0 Å². The number of likely N-dealkylation sites (tertiary alicyclic amines) is 1. The molecule has 1 spiro atoms. The smallest absolute Gasteiger partial charge is 0.317 e. The molecule has 2 heterocycles. The molecule has 0 amide bonds. The molecule has 4 aliphatic rings. The van der Waals surface area contributed by atoms with Crippen molar-refractivity contribution in [1.29, 1.82) is 0 Å². The second kappa shape index (κ2) is 7.46. The van der Waals surface area contributed by atoms with Gasteiger partial charge in [0.2, 0.25) is 0 Å². The van der Waals surface area contributed by atoms with Gasteiger partial charge in [-0.05, 0) is 50.9 Å². The molecule has 5 atom stereocenters. The number of carboxylic acids is 1. The quantitative estimate of drug-likeness (QED) is 0.648. The molecule has 7 nitrogen and oxygen atoms in total. The van der Waals surface area contributed by atoms with Crippen molar-refractivity contribution in [3.8, 4) is 11.5 Å². The zero-order valence-corrected chi connectivity index (χ0v) is 18.1. The van der Waals surface area contributed by atoms with E-state index in [4.69, 9.17) is 14.6 Å². The first-order valence-corrected chi connectivity index (χ1v) is 9.67. The van der Waals surface area contributed by atoms with E-state index in [0.29, 0.717) is 5.75 Å². The lowest BCUT2D eigenvalue weighted by molar-refractivity contribution is -0.203. The number of phenols is 1. The summed E-state index contributed by atoms with van der Waals surface area (Å²) in [7, 11) is 3.95. The predicted molar refractivity (Wildman–Crippen MR) is 112 cm³/mol. The number of ether oxygens (including phenoxy) is 2. The highest BCUT2D eigenvalue weighted by molar-refractivity contribution is 5.85. The van der Waals surface area contributed by atoms with E-state index in [1.165, 1.54) is 5.56 Å². The number of nitrogens with zero attached hydrogens (tertiary/aromatic N) is 1. The van der Waals surface area contributed by atoms with Crippen LogP contribution in [0.15, 0.2) is 12.1 Å². The Hall–Kier alpha value is -1.25. The van der Waals surface area contributed by atoms with Gasteiger partial charge < -0.3 is 29.9 Å². The number of likely N-dealkylation sites (N-methyl/N-ethyl adjacent to an activating group) is 1. The maximum Gasteiger partial charge on any atom is 0.317 e. The van der Waals surface area contributed by atoms with Crippen molar-refractivity contribution in [2.45, 2.75) is 54.9 Å². The van der Waals surface area contributed by atoms with Crippen molar-refractivity contribution >= 4 is 30.8 Å². The predicted octanol–water partition coefficient (Wildman–Crippen LogP) is 1.72. The number of piperidine rings is 1. The highest BCUT2D eigenvalue weighted by Gasteiger charge is 2.73. The van der Waals surface area contributed by atoms with Crippen LogP contribution in [-0.4, -0.2) is 72.1 Å². The number of halogens is 2. The van der Waals surface area contributed by atoms with E-state index in [2.05, 4.69) is 17.3 Å². The second-order valence-electron chi connectivity index (χ2n) is 8.42.